The topological polar surface area (TPSA) is 35.5 Å². The van der Waals surface area contributed by atoms with Crippen molar-refractivity contribution in [2.75, 3.05) is 7.11 Å². The SMILES string of the molecule is COc1ccc(/C=C2\OC(C)=CC2=O)cc1. The molecular formula is C13H12O3. The Labute approximate surface area is 94.0 Å². The minimum absolute atomic E-state index is 0.0895. The van der Waals surface area contributed by atoms with E-state index in [0.29, 0.717) is 11.5 Å². The molecule has 0 amide bonds. The van der Waals surface area contributed by atoms with Crippen LogP contribution >= 0.6 is 0 Å². The fourth-order valence-electron chi connectivity index (χ4n) is 1.46. The van der Waals surface area contributed by atoms with Gasteiger partial charge < -0.3 is 9.47 Å². The molecule has 1 aromatic carbocycles. The molecule has 2 rings (SSSR count). The van der Waals surface area contributed by atoms with E-state index < -0.39 is 0 Å². The van der Waals surface area contributed by atoms with Gasteiger partial charge in [0.05, 0.1) is 7.11 Å². The Kier molecular flexibility index (Phi) is 2.77. The molecule has 0 saturated heterocycles. The van der Waals surface area contributed by atoms with Gasteiger partial charge in [0, 0.05) is 6.08 Å². The standard InChI is InChI=1S/C13H12O3/c1-9-7-12(14)13(16-9)8-10-3-5-11(15-2)6-4-10/h3-8H,1-2H3/b13-8-. The molecule has 82 valence electrons. The van der Waals surface area contributed by atoms with Crippen LogP contribution < -0.4 is 4.74 Å². The largest absolute Gasteiger partial charge is 0.497 e. The van der Waals surface area contributed by atoms with Crippen LogP contribution in [-0.4, -0.2) is 12.9 Å². The molecule has 0 saturated carbocycles. The van der Waals surface area contributed by atoms with Gasteiger partial charge in [0.25, 0.3) is 0 Å². The number of hydrogen-bond donors (Lipinski definition) is 0. The van der Waals surface area contributed by atoms with Gasteiger partial charge in [0.1, 0.15) is 11.5 Å². The molecule has 3 heteroatoms. The molecule has 1 aliphatic heterocycles. The second-order valence-corrected chi connectivity index (χ2v) is 3.50. The molecule has 0 radical (unpaired) electrons. The number of allylic oxidation sites excluding steroid dienone is 2. The number of ether oxygens (including phenoxy) is 2. The predicted octanol–water partition coefficient (Wildman–Crippen LogP) is 2.54. The lowest BCUT2D eigenvalue weighted by Crippen LogP contribution is -1.92. The minimum atomic E-state index is -0.0895. The van der Waals surface area contributed by atoms with E-state index in [4.69, 9.17) is 9.47 Å². The maximum atomic E-state index is 11.4. The lowest BCUT2D eigenvalue weighted by atomic mass is 10.2. The fourth-order valence-corrected chi connectivity index (χ4v) is 1.46. The van der Waals surface area contributed by atoms with Crippen molar-refractivity contribution in [1.29, 1.82) is 0 Å². The summed E-state index contributed by atoms with van der Waals surface area (Å²) in [6.45, 7) is 1.76. The van der Waals surface area contributed by atoms with Crippen molar-refractivity contribution in [2.45, 2.75) is 6.92 Å². The van der Waals surface area contributed by atoms with Gasteiger partial charge in [-0.3, -0.25) is 4.79 Å². The maximum Gasteiger partial charge on any atom is 0.224 e. The number of hydrogen-bond acceptors (Lipinski definition) is 3. The van der Waals surface area contributed by atoms with Crippen molar-refractivity contribution in [2.24, 2.45) is 0 Å². The van der Waals surface area contributed by atoms with E-state index in [1.165, 1.54) is 6.08 Å². The second-order valence-electron chi connectivity index (χ2n) is 3.50. The molecule has 0 aromatic heterocycles. The summed E-state index contributed by atoms with van der Waals surface area (Å²) in [5.41, 5.74) is 0.909. The number of carbonyl (C=O) groups excluding carboxylic acids is 1. The third kappa shape index (κ3) is 2.14. The monoisotopic (exact) mass is 216 g/mol. The van der Waals surface area contributed by atoms with Gasteiger partial charge in [-0.1, -0.05) is 12.1 Å². The summed E-state index contributed by atoms with van der Waals surface area (Å²) in [6.07, 6.45) is 3.20. The molecule has 1 aliphatic rings. The summed E-state index contributed by atoms with van der Waals surface area (Å²) in [7, 11) is 1.62. The van der Waals surface area contributed by atoms with Crippen LogP contribution in [-0.2, 0) is 9.53 Å². The number of methoxy groups -OCH3 is 1. The van der Waals surface area contributed by atoms with Gasteiger partial charge in [-0.25, -0.2) is 0 Å². The van der Waals surface area contributed by atoms with Crippen LogP contribution in [0.25, 0.3) is 6.08 Å². The van der Waals surface area contributed by atoms with E-state index in [-0.39, 0.29) is 5.78 Å². The zero-order valence-corrected chi connectivity index (χ0v) is 9.19. The molecule has 0 N–H and O–H groups in total. The van der Waals surface area contributed by atoms with Crippen LogP contribution in [0.2, 0.25) is 0 Å². The van der Waals surface area contributed by atoms with Gasteiger partial charge in [0.15, 0.2) is 5.76 Å². The van der Waals surface area contributed by atoms with Crippen molar-refractivity contribution < 1.29 is 14.3 Å². The fraction of sp³-hybridized carbons (Fsp3) is 0.154. The Morgan fingerprint density at radius 1 is 1.25 bits per heavy atom. The van der Waals surface area contributed by atoms with Crippen molar-refractivity contribution in [3.05, 3.63) is 47.4 Å². The number of ketones is 1. The smallest absolute Gasteiger partial charge is 0.224 e. The lowest BCUT2D eigenvalue weighted by molar-refractivity contribution is -0.112. The predicted molar refractivity (Wildman–Crippen MR) is 60.8 cm³/mol. The molecule has 1 heterocycles. The first-order chi connectivity index (χ1) is 7.69. The zero-order valence-electron chi connectivity index (χ0n) is 9.19. The molecule has 0 aliphatic carbocycles. The van der Waals surface area contributed by atoms with E-state index in [0.717, 1.165) is 11.3 Å². The molecule has 3 nitrogen and oxygen atoms in total. The first-order valence-corrected chi connectivity index (χ1v) is 4.95. The molecule has 1 aromatic rings. The zero-order chi connectivity index (χ0) is 11.5. The van der Waals surface area contributed by atoms with Gasteiger partial charge >= 0.3 is 0 Å². The van der Waals surface area contributed by atoms with E-state index in [9.17, 15) is 4.79 Å². The molecule has 0 atom stereocenters. The number of carbonyl (C=O) groups is 1. The van der Waals surface area contributed by atoms with E-state index in [1.807, 2.05) is 24.3 Å². The van der Waals surface area contributed by atoms with E-state index in [2.05, 4.69) is 0 Å². The minimum Gasteiger partial charge on any atom is -0.497 e. The van der Waals surface area contributed by atoms with Crippen LogP contribution in [0.15, 0.2) is 41.9 Å². The van der Waals surface area contributed by atoms with Crippen LogP contribution in [0, 0.1) is 0 Å². The maximum absolute atomic E-state index is 11.4. The van der Waals surface area contributed by atoms with E-state index >= 15 is 0 Å². The second kappa shape index (κ2) is 4.23. The van der Waals surface area contributed by atoms with Crippen LogP contribution in [0.5, 0.6) is 5.75 Å². The van der Waals surface area contributed by atoms with Gasteiger partial charge in [-0.05, 0) is 30.7 Å². The Hall–Kier alpha value is -2.03. The summed E-state index contributed by atoms with van der Waals surface area (Å²) in [5, 5.41) is 0. The quantitative estimate of drug-likeness (QED) is 0.712. The number of benzene rings is 1. The summed E-state index contributed by atoms with van der Waals surface area (Å²) in [4.78, 5) is 11.4. The number of rotatable bonds is 2. The van der Waals surface area contributed by atoms with Gasteiger partial charge in [-0.15, -0.1) is 0 Å². The summed E-state index contributed by atoms with van der Waals surface area (Å²) in [5.74, 6) is 1.69. The Morgan fingerprint density at radius 3 is 2.44 bits per heavy atom. The van der Waals surface area contributed by atoms with Crippen LogP contribution in [0.4, 0.5) is 0 Å². The summed E-state index contributed by atoms with van der Waals surface area (Å²) < 4.78 is 10.3. The Bertz CT molecular complexity index is 466. The third-order valence-electron chi connectivity index (χ3n) is 2.26. The highest BCUT2D eigenvalue weighted by molar-refractivity contribution is 6.07. The van der Waals surface area contributed by atoms with Crippen LogP contribution in [0.3, 0.4) is 0 Å². The van der Waals surface area contributed by atoms with E-state index in [1.54, 1.807) is 20.1 Å². The molecule has 0 spiro atoms. The average molecular weight is 216 g/mol. The molecule has 0 bridgehead atoms. The first-order valence-electron chi connectivity index (χ1n) is 4.95. The van der Waals surface area contributed by atoms with Crippen molar-refractivity contribution in [3.63, 3.8) is 0 Å². The Morgan fingerprint density at radius 2 is 1.94 bits per heavy atom. The van der Waals surface area contributed by atoms with Gasteiger partial charge in [0.2, 0.25) is 5.78 Å². The van der Waals surface area contributed by atoms with Crippen molar-refractivity contribution >= 4 is 11.9 Å². The molecular weight excluding hydrogens is 204 g/mol. The highest BCUT2D eigenvalue weighted by Crippen LogP contribution is 2.20. The highest BCUT2D eigenvalue weighted by Gasteiger charge is 2.17. The molecule has 16 heavy (non-hydrogen) atoms. The van der Waals surface area contributed by atoms with Crippen molar-refractivity contribution in [3.8, 4) is 5.75 Å². The average Bonchev–Trinajstić information content (AvgIpc) is 2.59. The first kappa shape index (κ1) is 10.5. The van der Waals surface area contributed by atoms with Crippen molar-refractivity contribution in [1.82, 2.24) is 0 Å². The third-order valence-corrected chi connectivity index (χ3v) is 2.26. The highest BCUT2D eigenvalue weighted by atomic mass is 16.5. The normalized spacial score (nSPS) is 17.2. The lowest BCUT2D eigenvalue weighted by Gasteiger charge is -2.01. The van der Waals surface area contributed by atoms with Gasteiger partial charge in [-0.2, -0.15) is 0 Å². The molecule has 0 fully saturated rings. The summed E-state index contributed by atoms with van der Waals surface area (Å²) in [6, 6.07) is 7.42. The Balaban J connectivity index is 2.21. The molecule has 0 unspecified atom stereocenters. The van der Waals surface area contributed by atoms with Crippen LogP contribution in [0.1, 0.15) is 12.5 Å². The summed E-state index contributed by atoms with van der Waals surface area (Å²) >= 11 is 0.